The van der Waals surface area contributed by atoms with Gasteiger partial charge in [0.25, 0.3) is 10.2 Å². The molecule has 0 aliphatic rings. The molecule has 0 heterocycles. The van der Waals surface area contributed by atoms with Gasteiger partial charge in [-0.1, -0.05) is 0 Å². The van der Waals surface area contributed by atoms with E-state index in [1.54, 1.807) is 0 Å². The predicted molar refractivity (Wildman–Crippen MR) is 78.2 cm³/mol. The van der Waals surface area contributed by atoms with E-state index in [1.165, 1.54) is 6.92 Å². The average molecular weight is 368 g/mol. The molecule has 14 heteroatoms. The van der Waals surface area contributed by atoms with Crippen LogP contribution in [0.2, 0.25) is 0 Å². The molecular formula is C11H20N4O10. The Hall–Kier alpha value is -2.90. The van der Waals surface area contributed by atoms with E-state index in [9.17, 15) is 29.8 Å². The second-order valence-electron chi connectivity index (χ2n) is 4.87. The van der Waals surface area contributed by atoms with Crippen LogP contribution < -0.4 is 11.1 Å². The maximum absolute atomic E-state index is 11.4. The number of hydrogen-bond donors (Lipinski definition) is 3. The van der Waals surface area contributed by atoms with Crippen molar-refractivity contribution in [3.05, 3.63) is 20.2 Å². The zero-order chi connectivity index (χ0) is 19.4. The molecule has 0 fully saturated rings. The van der Waals surface area contributed by atoms with Crippen molar-refractivity contribution in [1.82, 2.24) is 5.32 Å². The Morgan fingerprint density at radius 3 is 2.40 bits per heavy atom. The lowest BCUT2D eigenvalue weighted by Gasteiger charge is -2.17. The molecule has 1 amide bonds. The van der Waals surface area contributed by atoms with E-state index in [1.807, 2.05) is 0 Å². The molecule has 3 unspecified atom stereocenters. The lowest BCUT2D eigenvalue weighted by Crippen LogP contribution is -2.44. The number of carboxylic acid groups (broad SMARTS) is 1. The van der Waals surface area contributed by atoms with Crippen LogP contribution in [-0.2, 0) is 19.2 Å². The average Bonchev–Trinajstić information content (AvgIpc) is 2.50. The number of amides is 1. The predicted octanol–water partition coefficient (Wildman–Crippen LogP) is -0.531. The molecule has 0 spiro atoms. The third-order valence-electron chi connectivity index (χ3n) is 2.91. The molecule has 0 aromatic carbocycles. The summed E-state index contributed by atoms with van der Waals surface area (Å²) >= 11 is 0. The van der Waals surface area contributed by atoms with Crippen LogP contribution in [0.4, 0.5) is 4.79 Å². The lowest BCUT2D eigenvalue weighted by molar-refractivity contribution is -0.790. The number of nitrogens with two attached hydrogens (primary N) is 1. The summed E-state index contributed by atoms with van der Waals surface area (Å²) in [5, 5.41) is 29.2. The Bertz CT molecular complexity index is 474. The molecule has 25 heavy (non-hydrogen) atoms. The quantitative estimate of drug-likeness (QED) is 0.214. The maximum Gasteiger partial charge on any atom is 0.407 e. The first kappa shape index (κ1) is 22.1. The molecule has 0 radical (unpaired) electrons. The van der Waals surface area contributed by atoms with E-state index in [-0.39, 0.29) is 13.0 Å². The van der Waals surface area contributed by atoms with Gasteiger partial charge in [-0.3, -0.25) is 4.79 Å². The minimum Gasteiger partial charge on any atom is -0.480 e. The van der Waals surface area contributed by atoms with Gasteiger partial charge >= 0.3 is 12.1 Å². The Morgan fingerprint density at radius 1 is 1.24 bits per heavy atom. The summed E-state index contributed by atoms with van der Waals surface area (Å²) < 4.78 is 4.75. The van der Waals surface area contributed by atoms with Crippen molar-refractivity contribution >= 4 is 12.1 Å². The number of nitrogens with one attached hydrogen (secondary N) is 1. The van der Waals surface area contributed by atoms with Crippen LogP contribution >= 0.6 is 0 Å². The fourth-order valence-electron chi connectivity index (χ4n) is 1.60. The zero-order valence-corrected chi connectivity index (χ0v) is 13.4. The second kappa shape index (κ2) is 11.6. The summed E-state index contributed by atoms with van der Waals surface area (Å²) in [6.45, 7) is 0.871. The van der Waals surface area contributed by atoms with Crippen LogP contribution in [0.5, 0.6) is 0 Å². The summed E-state index contributed by atoms with van der Waals surface area (Å²) in [7, 11) is 0. The van der Waals surface area contributed by atoms with E-state index < -0.39 is 47.1 Å². The highest BCUT2D eigenvalue weighted by Crippen LogP contribution is 2.06. The highest BCUT2D eigenvalue weighted by Gasteiger charge is 2.23. The van der Waals surface area contributed by atoms with E-state index >= 15 is 0 Å². The van der Waals surface area contributed by atoms with Crippen molar-refractivity contribution in [2.45, 2.75) is 44.4 Å². The third kappa shape index (κ3) is 11.3. The van der Waals surface area contributed by atoms with Crippen molar-refractivity contribution in [3.63, 3.8) is 0 Å². The topological polar surface area (TPSA) is 206 Å². The molecule has 0 saturated carbocycles. The summed E-state index contributed by atoms with van der Waals surface area (Å²) in [5.41, 5.74) is 5.27. The number of carbonyl (C=O) groups excluding carboxylic acids is 1. The molecule has 0 saturated heterocycles. The first-order valence-electron chi connectivity index (χ1n) is 7.14. The number of hydrogen-bond acceptors (Lipinski definition) is 10. The van der Waals surface area contributed by atoms with Crippen LogP contribution in [-0.4, -0.2) is 58.7 Å². The van der Waals surface area contributed by atoms with Gasteiger partial charge in [-0.05, 0) is 26.2 Å². The molecule has 0 aliphatic heterocycles. The number of aliphatic carboxylic acids is 1. The number of nitrogens with zero attached hydrogens (tertiary/aromatic N) is 2. The maximum atomic E-state index is 11.4. The molecule has 0 aromatic heterocycles. The van der Waals surface area contributed by atoms with Gasteiger partial charge in [0.2, 0.25) is 0 Å². The van der Waals surface area contributed by atoms with Gasteiger partial charge in [-0.15, -0.1) is 20.2 Å². The van der Waals surface area contributed by atoms with Crippen LogP contribution in [0, 0.1) is 20.2 Å². The van der Waals surface area contributed by atoms with Crippen LogP contribution in [0.15, 0.2) is 0 Å². The Kier molecular flexibility index (Phi) is 10.3. The monoisotopic (exact) mass is 368 g/mol. The van der Waals surface area contributed by atoms with Gasteiger partial charge in [0, 0.05) is 6.54 Å². The minimum atomic E-state index is -1.35. The van der Waals surface area contributed by atoms with Crippen LogP contribution in [0.1, 0.15) is 26.2 Å². The molecule has 0 aromatic rings. The van der Waals surface area contributed by atoms with E-state index in [0.29, 0.717) is 12.8 Å². The largest absolute Gasteiger partial charge is 0.480 e. The van der Waals surface area contributed by atoms with E-state index in [4.69, 9.17) is 15.6 Å². The number of alkyl carbamates (subject to hydrolysis) is 1. The summed E-state index contributed by atoms with van der Waals surface area (Å²) in [5.74, 6) is -1.31. The molecule has 0 bridgehead atoms. The minimum absolute atomic E-state index is 0.0891. The Morgan fingerprint density at radius 2 is 1.88 bits per heavy atom. The third-order valence-corrected chi connectivity index (χ3v) is 2.91. The zero-order valence-electron chi connectivity index (χ0n) is 13.4. The first-order valence-corrected chi connectivity index (χ1v) is 7.14. The van der Waals surface area contributed by atoms with Crippen LogP contribution in [0.3, 0.4) is 0 Å². The first-order chi connectivity index (χ1) is 11.6. The van der Waals surface area contributed by atoms with Gasteiger partial charge in [0.05, 0.1) is 0 Å². The fourth-order valence-corrected chi connectivity index (χ4v) is 1.60. The Labute approximate surface area is 141 Å². The van der Waals surface area contributed by atoms with Gasteiger partial charge in [0.15, 0.2) is 0 Å². The lowest BCUT2D eigenvalue weighted by atomic mass is 10.1. The SMILES string of the molecule is CC(OC(=O)NCCCCC(CO[N+](=O)[O-])O[N+](=O)[O-])C(N)C(=O)O. The van der Waals surface area contributed by atoms with Crippen molar-refractivity contribution in [2.75, 3.05) is 13.2 Å². The standard InChI is InChI=1S/C11H20N4O10/c1-7(9(12)10(16)17)24-11(18)13-5-3-2-4-8(25-15(21)22)6-23-14(19)20/h7-9H,2-6,12H2,1H3,(H,13,18)(H,16,17). The fraction of sp³-hybridized carbons (Fsp3) is 0.818. The van der Waals surface area contributed by atoms with Crippen molar-refractivity contribution in [1.29, 1.82) is 0 Å². The second-order valence-corrected chi connectivity index (χ2v) is 4.87. The summed E-state index contributed by atoms with van der Waals surface area (Å²) in [4.78, 5) is 50.6. The molecule has 4 N–H and O–H groups in total. The number of carbonyl (C=O) groups is 2. The number of ether oxygens (including phenoxy) is 1. The van der Waals surface area contributed by atoms with Gasteiger partial charge in [0.1, 0.15) is 24.9 Å². The molecular weight excluding hydrogens is 348 g/mol. The normalized spacial score (nSPS) is 13.8. The number of unbranched alkanes of at least 4 members (excludes halogenated alkanes) is 1. The summed E-state index contributed by atoms with van der Waals surface area (Å²) in [6.07, 6.45) is -2.21. The van der Waals surface area contributed by atoms with Gasteiger partial charge < -0.3 is 30.6 Å². The Balaban J connectivity index is 4.00. The van der Waals surface area contributed by atoms with E-state index in [0.717, 1.165) is 0 Å². The molecule has 3 atom stereocenters. The van der Waals surface area contributed by atoms with Crippen molar-refractivity contribution in [2.24, 2.45) is 5.73 Å². The molecule has 0 aliphatic carbocycles. The number of carboxylic acids is 1. The van der Waals surface area contributed by atoms with Crippen LogP contribution in [0.25, 0.3) is 0 Å². The van der Waals surface area contributed by atoms with Gasteiger partial charge in [-0.2, -0.15) is 0 Å². The van der Waals surface area contributed by atoms with E-state index in [2.05, 4.69) is 15.0 Å². The highest BCUT2D eigenvalue weighted by atomic mass is 17.0. The smallest absolute Gasteiger partial charge is 0.407 e. The van der Waals surface area contributed by atoms with Crippen molar-refractivity contribution in [3.8, 4) is 0 Å². The van der Waals surface area contributed by atoms with Crippen molar-refractivity contribution < 1.29 is 39.3 Å². The number of rotatable bonds is 13. The summed E-state index contributed by atoms with van der Waals surface area (Å²) in [6, 6.07) is -1.35. The molecule has 14 nitrogen and oxygen atoms in total. The van der Waals surface area contributed by atoms with Gasteiger partial charge in [-0.25, -0.2) is 4.79 Å². The highest BCUT2D eigenvalue weighted by molar-refractivity contribution is 5.75. The molecule has 144 valence electrons. The molecule has 0 rings (SSSR count).